The van der Waals surface area contributed by atoms with E-state index in [0.29, 0.717) is 12.2 Å². The van der Waals surface area contributed by atoms with Crippen LogP contribution in [0.3, 0.4) is 0 Å². The number of amides is 1. The van der Waals surface area contributed by atoms with Crippen LogP contribution < -0.4 is 10.1 Å². The monoisotopic (exact) mass is 397 g/mol. The molecule has 0 aromatic heterocycles. The van der Waals surface area contributed by atoms with Crippen LogP contribution in [0, 0.1) is 6.92 Å². The fraction of sp³-hybridized carbons (Fsp3) is 0.190. The molecule has 128 valence electrons. The van der Waals surface area contributed by atoms with E-state index < -0.39 is 6.10 Å². The summed E-state index contributed by atoms with van der Waals surface area (Å²) in [5, 5.41) is 5.18. The lowest BCUT2D eigenvalue weighted by atomic mass is 10.1. The molecule has 3 nitrogen and oxygen atoms in total. The van der Waals surface area contributed by atoms with Crippen molar-refractivity contribution < 1.29 is 9.53 Å². The first-order valence-corrected chi connectivity index (χ1v) is 9.08. The molecule has 0 aliphatic rings. The number of halogens is 1. The molecule has 0 spiro atoms. The van der Waals surface area contributed by atoms with Gasteiger partial charge in [0.1, 0.15) is 5.75 Å². The third-order valence-corrected chi connectivity index (χ3v) is 4.98. The molecule has 0 saturated heterocycles. The fourth-order valence-corrected chi connectivity index (χ4v) is 2.92. The zero-order valence-electron chi connectivity index (χ0n) is 14.3. The molecule has 3 aromatic carbocycles. The molecular formula is C21H20BrNO2. The predicted molar refractivity (Wildman–Crippen MR) is 106 cm³/mol. The Labute approximate surface area is 156 Å². The summed E-state index contributed by atoms with van der Waals surface area (Å²) in [5.74, 6) is 0.560. The van der Waals surface area contributed by atoms with Crippen molar-refractivity contribution >= 4 is 38.3 Å². The van der Waals surface area contributed by atoms with Crippen molar-refractivity contribution in [3.8, 4) is 5.75 Å². The Morgan fingerprint density at radius 2 is 1.84 bits per heavy atom. The van der Waals surface area contributed by atoms with Gasteiger partial charge in [0.2, 0.25) is 0 Å². The summed E-state index contributed by atoms with van der Waals surface area (Å²) in [4.78, 5) is 12.6. The summed E-state index contributed by atoms with van der Waals surface area (Å²) >= 11 is 3.46. The van der Waals surface area contributed by atoms with Crippen molar-refractivity contribution in [3.63, 3.8) is 0 Å². The van der Waals surface area contributed by atoms with Gasteiger partial charge in [-0.25, -0.2) is 0 Å². The second kappa shape index (κ2) is 7.70. The maximum absolute atomic E-state index is 12.6. The Morgan fingerprint density at radius 3 is 2.56 bits per heavy atom. The standard InChI is InChI=1S/C21H20BrNO2/c1-3-20(21(24)23-17-9-11-19(22)14(2)12-17)25-18-10-8-15-6-4-5-7-16(15)13-18/h4-13,20H,3H2,1-2H3,(H,23,24)/t20-/m1/s1. The smallest absolute Gasteiger partial charge is 0.265 e. The number of ether oxygens (including phenoxy) is 1. The average Bonchev–Trinajstić information content (AvgIpc) is 2.62. The molecule has 0 radical (unpaired) electrons. The second-order valence-electron chi connectivity index (χ2n) is 5.98. The van der Waals surface area contributed by atoms with E-state index in [1.807, 2.05) is 68.4 Å². The van der Waals surface area contributed by atoms with Crippen molar-refractivity contribution in [1.29, 1.82) is 0 Å². The maximum Gasteiger partial charge on any atom is 0.265 e. The Hall–Kier alpha value is -2.33. The molecule has 1 N–H and O–H groups in total. The molecule has 25 heavy (non-hydrogen) atoms. The van der Waals surface area contributed by atoms with Crippen molar-refractivity contribution in [2.75, 3.05) is 5.32 Å². The van der Waals surface area contributed by atoms with Crippen LogP contribution in [0.2, 0.25) is 0 Å². The van der Waals surface area contributed by atoms with Gasteiger partial charge in [0.05, 0.1) is 0 Å². The maximum atomic E-state index is 12.6. The van der Waals surface area contributed by atoms with Crippen LogP contribution in [-0.2, 0) is 4.79 Å². The highest BCUT2D eigenvalue weighted by Gasteiger charge is 2.19. The molecule has 0 aliphatic carbocycles. The average molecular weight is 398 g/mol. The molecule has 1 atom stereocenters. The zero-order valence-corrected chi connectivity index (χ0v) is 15.8. The molecule has 0 bridgehead atoms. The van der Waals surface area contributed by atoms with E-state index in [2.05, 4.69) is 27.3 Å². The normalized spacial score (nSPS) is 12.0. The molecule has 4 heteroatoms. The van der Waals surface area contributed by atoms with E-state index in [9.17, 15) is 4.79 Å². The number of nitrogens with one attached hydrogen (secondary N) is 1. The van der Waals surface area contributed by atoms with Crippen LogP contribution in [0.5, 0.6) is 5.75 Å². The minimum atomic E-state index is -0.537. The van der Waals surface area contributed by atoms with Crippen LogP contribution in [-0.4, -0.2) is 12.0 Å². The van der Waals surface area contributed by atoms with E-state index in [-0.39, 0.29) is 5.91 Å². The summed E-state index contributed by atoms with van der Waals surface area (Å²) in [6.07, 6.45) is 0.0545. The minimum absolute atomic E-state index is 0.141. The van der Waals surface area contributed by atoms with Crippen LogP contribution in [0.4, 0.5) is 5.69 Å². The molecule has 0 aliphatic heterocycles. The molecule has 0 heterocycles. The Kier molecular flexibility index (Phi) is 5.39. The number of carbonyl (C=O) groups is 1. The third kappa shape index (κ3) is 4.20. The topological polar surface area (TPSA) is 38.3 Å². The number of aryl methyl sites for hydroxylation is 1. The summed E-state index contributed by atoms with van der Waals surface area (Å²) in [7, 11) is 0. The highest BCUT2D eigenvalue weighted by atomic mass is 79.9. The molecule has 0 unspecified atom stereocenters. The number of fused-ring (bicyclic) bond motifs is 1. The first kappa shape index (κ1) is 17.5. The van der Waals surface area contributed by atoms with Crippen LogP contribution >= 0.6 is 15.9 Å². The number of carbonyl (C=O) groups excluding carboxylic acids is 1. The van der Waals surface area contributed by atoms with Gasteiger partial charge in [-0.2, -0.15) is 0 Å². The van der Waals surface area contributed by atoms with Gasteiger partial charge in [0, 0.05) is 10.2 Å². The van der Waals surface area contributed by atoms with Gasteiger partial charge in [-0.05, 0) is 60.0 Å². The second-order valence-corrected chi connectivity index (χ2v) is 6.83. The van der Waals surface area contributed by atoms with Gasteiger partial charge in [-0.3, -0.25) is 4.79 Å². The Balaban J connectivity index is 1.73. The van der Waals surface area contributed by atoms with Crippen LogP contribution in [0.15, 0.2) is 65.1 Å². The number of hydrogen-bond acceptors (Lipinski definition) is 2. The Morgan fingerprint density at radius 1 is 1.08 bits per heavy atom. The van der Waals surface area contributed by atoms with Gasteiger partial charge in [0.25, 0.3) is 5.91 Å². The summed E-state index contributed by atoms with van der Waals surface area (Å²) in [6.45, 7) is 3.93. The zero-order chi connectivity index (χ0) is 17.8. The fourth-order valence-electron chi connectivity index (χ4n) is 2.67. The molecule has 0 fully saturated rings. The molecule has 1 amide bonds. The van der Waals surface area contributed by atoms with Gasteiger partial charge in [-0.15, -0.1) is 0 Å². The number of anilines is 1. The van der Waals surface area contributed by atoms with Crippen molar-refractivity contribution in [1.82, 2.24) is 0 Å². The van der Waals surface area contributed by atoms with E-state index in [0.717, 1.165) is 26.5 Å². The first-order chi connectivity index (χ1) is 12.1. The van der Waals surface area contributed by atoms with Crippen molar-refractivity contribution in [2.45, 2.75) is 26.4 Å². The lowest BCUT2D eigenvalue weighted by molar-refractivity contribution is -0.122. The van der Waals surface area contributed by atoms with E-state index in [1.54, 1.807) is 0 Å². The highest BCUT2D eigenvalue weighted by molar-refractivity contribution is 9.10. The predicted octanol–water partition coefficient (Wildman–Crippen LogP) is 5.71. The molecule has 3 rings (SSSR count). The van der Waals surface area contributed by atoms with Gasteiger partial charge < -0.3 is 10.1 Å². The summed E-state index contributed by atoms with van der Waals surface area (Å²) < 4.78 is 6.96. The van der Waals surface area contributed by atoms with Gasteiger partial charge >= 0.3 is 0 Å². The summed E-state index contributed by atoms with van der Waals surface area (Å²) in [5.41, 5.74) is 1.84. The highest BCUT2D eigenvalue weighted by Crippen LogP contribution is 2.23. The molecular weight excluding hydrogens is 378 g/mol. The quantitative estimate of drug-likeness (QED) is 0.598. The van der Waals surface area contributed by atoms with E-state index >= 15 is 0 Å². The summed E-state index contributed by atoms with van der Waals surface area (Å²) in [6, 6.07) is 19.7. The SMILES string of the molecule is CC[C@@H](Oc1ccc2ccccc2c1)C(=O)Nc1ccc(Br)c(C)c1. The number of hydrogen-bond donors (Lipinski definition) is 1. The number of rotatable bonds is 5. The van der Waals surface area contributed by atoms with E-state index in [4.69, 9.17) is 4.74 Å². The minimum Gasteiger partial charge on any atom is -0.481 e. The largest absolute Gasteiger partial charge is 0.481 e. The van der Waals surface area contributed by atoms with Crippen molar-refractivity contribution in [2.24, 2.45) is 0 Å². The lowest BCUT2D eigenvalue weighted by Gasteiger charge is -2.18. The van der Waals surface area contributed by atoms with Gasteiger partial charge in [-0.1, -0.05) is 53.2 Å². The third-order valence-electron chi connectivity index (χ3n) is 4.09. The van der Waals surface area contributed by atoms with Crippen LogP contribution in [0.25, 0.3) is 10.8 Å². The first-order valence-electron chi connectivity index (χ1n) is 8.29. The number of benzene rings is 3. The van der Waals surface area contributed by atoms with Crippen molar-refractivity contribution in [3.05, 3.63) is 70.7 Å². The molecule has 0 saturated carbocycles. The Bertz CT molecular complexity index is 907. The van der Waals surface area contributed by atoms with E-state index in [1.165, 1.54) is 0 Å². The lowest BCUT2D eigenvalue weighted by Crippen LogP contribution is -2.32. The van der Waals surface area contributed by atoms with Crippen LogP contribution in [0.1, 0.15) is 18.9 Å². The molecule has 3 aromatic rings. The van der Waals surface area contributed by atoms with Gasteiger partial charge in [0.15, 0.2) is 6.10 Å².